The first-order valence-electron chi connectivity index (χ1n) is 12.2. The van der Waals surface area contributed by atoms with Gasteiger partial charge in [-0.2, -0.15) is 0 Å². The third-order valence-corrected chi connectivity index (χ3v) is 6.09. The lowest BCUT2D eigenvalue weighted by Gasteiger charge is -2.09. The number of rotatable bonds is 10. The first kappa shape index (κ1) is 24.3. The number of unbranched alkanes of at least 4 members (excludes halogenated alkanes) is 2. The smallest absolute Gasteiger partial charge is 0.345 e. The molecule has 0 unspecified atom stereocenters. The number of benzene rings is 3. The third kappa shape index (κ3) is 5.62. The number of ether oxygens (including phenoxy) is 2. The predicted octanol–water partition coefficient (Wildman–Crippen LogP) is 5.68. The number of aryl methyl sites for hydroxylation is 1. The first-order chi connectivity index (χ1) is 17.1. The Hall–Kier alpha value is -3.86. The Morgan fingerprint density at radius 2 is 1.60 bits per heavy atom. The molecule has 5 heteroatoms. The molecule has 0 aliphatic heterocycles. The van der Waals surface area contributed by atoms with Crippen molar-refractivity contribution in [3.63, 3.8) is 0 Å². The summed E-state index contributed by atoms with van der Waals surface area (Å²) in [5, 5.41) is 10.5. The standard InChI is InChI=1S/C30H32NO4/c1-3-34-30(32)28-27(23-16-10-5-11-17-23)25-19-18-24(21-26(25)29(28)31(2)33)35-20-12-6-9-15-22-13-7-4-8-14-22/h4-5,7-8,10-11,13-14,16-19,21,33H,3,6,9,12,15,20H2,1-2H3/q+1. The SMILES string of the molecule is CCOC(=O)C1=C(c2ccccc2)c2ccc(OCCCCCc3ccccc3)cc2C1=[N+](C)O. The summed E-state index contributed by atoms with van der Waals surface area (Å²) >= 11 is 0. The van der Waals surface area contributed by atoms with Gasteiger partial charge < -0.3 is 9.47 Å². The molecule has 0 radical (unpaired) electrons. The number of carbonyl (C=O) groups excluding carboxylic acids is 1. The van der Waals surface area contributed by atoms with E-state index in [-0.39, 0.29) is 6.61 Å². The van der Waals surface area contributed by atoms with Gasteiger partial charge in [-0.05, 0) is 72.2 Å². The minimum absolute atomic E-state index is 0.252. The van der Waals surface area contributed by atoms with Gasteiger partial charge in [0.1, 0.15) is 11.3 Å². The van der Waals surface area contributed by atoms with E-state index in [1.54, 1.807) is 6.92 Å². The van der Waals surface area contributed by atoms with E-state index < -0.39 is 5.97 Å². The molecule has 0 spiro atoms. The van der Waals surface area contributed by atoms with Crippen molar-refractivity contribution >= 4 is 17.3 Å². The van der Waals surface area contributed by atoms with E-state index in [4.69, 9.17) is 9.47 Å². The fourth-order valence-electron chi connectivity index (χ4n) is 4.50. The highest BCUT2D eigenvalue weighted by atomic mass is 16.5. The van der Waals surface area contributed by atoms with Crippen LogP contribution < -0.4 is 4.74 Å². The van der Waals surface area contributed by atoms with Crippen LogP contribution in [0.1, 0.15) is 48.4 Å². The van der Waals surface area contributed by atoms with Crippen LogP contribution in [-0.4, -0.2) is 41.9 Å². The zero-order valence-corrected chi connectivity index (χ0v) is 20.4. The average Bonchev–Trinajstić information content (AvgIpc) is 3.22. The molecule has 5 nitrogen and oxygen atoms in total. The van der Waals surface area contributed by atoms with Crippen molar-refractivity contribution in [2.75, 3.05) is 20.3 Å². The Labute approximate surface area is 206 Å². The zero-order valence-electron chi connectivity index (χ0n) is 20.4. The number of hydroxylamine groups is 1. The maximum Gasteiger partial charge on any atom is 0.345 e. The quantitative estimate of drug-likeness (QED) is 0.136. The van der Waals surface area contributed by atoms with E-state index in [0.717, 1.165) is 52.7 Å². The summed E-state index contributed by atoms with van der Waals surface area (Å²) in [6.07, 6.45) is 4.24. The van der Waals surface area contributed by atoms with Crippen molar-refractivity contribution in [1.82, 2.24) is 0 Å². The summed E-state index contributed by atoms with van der Waals surface area (Å²) in [6, 6.07) is 26.0. The monoisotopic (exact) mass is 470 g/mol. The minimum Gasteiger partial charge on any atom is -0.494 e. The number of fused-ring (bicyclic) bond motifs is 1. The maximum atomic E-state index is 13.0. The predicted molar refractivity (Wildman–Crippen MR) is 137 cm³/mol. The molecule has 0 atom stereocenters. The van der Waals surface area contributed by atoms with Crippen molar-refractivity contribution in [2.24, 2.45) is 0 Å². The van der Waals surface area contributed by atoms with Gasteiger partial charge in [-0.25, -0.2) is 4.79 Å². The van der Waals surface area contributed by atoms with Gasteiger partial charge in [0, 0.05) is 5.57 Å². The summed E-state index contributed by atoms with van der Waals surface area (Å²) in [5.74, 6) is 0.253. The molecule has 180 valence electrons. The third-order valence-electron chi connectivity index (χ3n) is 6.09. The number of esters is 1. The van der Waals surface area contributed by atoms with Crippen molar-refractivity contribution < 1.29 is 24.2 Å². The van der Waals surface area contributed by atoms with E-state index >= 15 is 0 Å². The Kier molecular flexibility index (Phi) is 7.99. The number of hydrogen-bond donors (Lipinski definition) is 1. The molecule has 0 heterocycles. The second kappa shape index (κ2) is 11.5. The highest BCUT2D eigenvalue weighted by Gasteiger charge is 2.40. The lowest BCUT2D eigenvalue weighted by atomic mass is 9.97. The topological polar surface area (TPSA) is 58.8 Å². The molecule has 4 rings (SSSR count). The molecule has 3 aromatic carbocycles. The molecular formula is C30H32NO4+. The molecule has 1 aliphatic rings. The molecule has 0 bridgehead atoms. The van der Waals surface area contributed by atoms with Crippen molar-refractivity contribution in [3.05, 3.63) is 107 Å². The summed E-state index contributed by atoms with van der Waals surface area (Å²) < 4.78 is 12.4. The fourth-order valence-corrected chi connectivity index (χ4v) is 4.50. The second-order valence-corrected chi connectivity index (χ2v) is 8.56. The Bertz CT molecular complexity index is 1230. The molecular weight excluding hydrogens is 438 g/mol. The van der Waals surface area contributed by atoms with E-state index in [9.17, 15) is 10.0 Å². The largest absolute Gasteiger partial charge is 0.494 e. The summed E-state index contributed by atoms with van der Waals surface area (Å²) in [4.78, 5) is 13.0. The molecule has 3 aromatic rings. The molecule has 1 N–H and O–H groups in total. The van der Waals surface area contributed by atoms with Gasteiger partial charge in [-0.1, -0.05) is 60.7 Å². The highest BCUT2D eigenvalue weighted by molar-refractivity contribution is 6.35. The number of nitrogens with zero attached hydrogens (tertiary/aromatic N) is 1. The highest BCUT2D eigenvalue weighted by Crippen LogP contribution is 2.40. The Balaban J connectivity index is 1.51. The van der Waals surface area contributed by atoms with Crippen LogP contribution in [0.5, 0.6) is 5.75 Å². The van der Waals surface area contributed by atoms with Crippen molar-refractivity contribution in [1.29, 1.82) is 0 Å². The van der Waals surface area contributed by atoms with Crippen LogP contribution >= 0.6 is 0 Å². The molecule has 0 aromatic heterocycles. The van der Waals surface area contributed by atoms with E-state index in [1.165, 1.54) is 12.6 Å². The lowest BCUT2D eigenvalue weighted by Crippen LogP contribution is -2.22. The fraction of sp³-hybridized carbons (Fsp3) is 0.267. The molecule has 0 saturated heterocycles. The van der Waals surface area contributed by atoms with Gasteiger partial charge in [-0.3, -0.25) is 5.21 Å². The minimum atomic E-state index is -0.459. The lowest BCUT2D eigenvalue weighted by molar-refractivity contribution is -0.753. The number of carbonyl (C=O) groups is 1. The average molecular weight is 471 g/mol. The number of hydrogen-bond acceptors (Lipinski definition) is 4. The van der Waals surface area contributed by atoms with E-state index in [1.807, 2.05) is 54.6 Å². The van der Waals surface area contributed by atoms with Gasteiger partial charge in [0.25, 0.3) is 5.71 Å². The molecule has 0 amide bonds. The van der Waals surface area contributed by atoms with Gasteiger partial charge in [0.15, 0.2) is 7.05 Å². The Morgan fingerprint density at radius 3 is 2.29 bits per heavy atom. The van der Waals surface area contributed by atoms with Crippen molar-refractivity contribution in [2.45, 2.75) is 32.6 Å². The maximum absolute atomic E-state index is 13.0. The summed E-state index contributed by atoms with van der Waals surface area (Å²) in [5.41, 5.74) is 5.40. The molecule has 0 saturated carbocycles. The molecule has 1 aliphatic carbocycles. The van der Waals surface area contributed by atoms with Crippen LogP contribution in [0.15, 0.2) is 84.4 Å². The molecule has 0 fully saturated rings. The summed E-state index contributed by atoms with van der Waals surface area (Å²) in [6.45, 7) is 2.64. The van der Waals surface area contributed by atoms with Crippen LogP contribution in [0, 0.1) is 0 Å². The van der Waals surface area contributed by atoms with Crippen LogP contribution in [-0.2, 0) is 16.0 Å². The Morgan fingerprint density at radius 1 is 0.886 bits per heavy atom. The van der Waals surface area contributed by atoms with Gasteiger partial charge in [-0.15, -0.1) is 0 Å². The van der Waals surface area contributed by atoms with Crippen LogP contribution in [0.3, 0.4) is 0 Å². The summed E-state index contributed by atoms with van der Waals surface area (Å²) in [7, 11) is 1.52. The van der Waals surface area contributed by atoms with E-state index in [0.29, 0.717) is 23.6 Å². The van der Waals surface area contributed by atoms with Crippen LogP contribution in [0.4, 0.5) is 0 Å². The first-order valence-corrected chi connectivity index (χ1v) is 12.2. The van der Waals surface area contributed by atoms with Crippen molar-refractivity contribution in [3.8, 4) is 5.75 Å². The second-order valence-electron chi connectivity index (χ2n) is 8.56. The van der Waals surface area contributed by atoms with Crippen LogP contribution in [0.25, 0.3) is 5.57 Å². The normalized spacial score (nSPS) is 14.0. The zero-order chi connectivity index (χ0) is 24.6. The molecule has 35 heavy (non-hydrogen) atoms. The van der Waals surface area contributed by atoms with Crippen LogP contribution in [0.2, 0.25) is 0 Å². The van der Waals surface area contributed by atoms with Gasteiger partial charge in [0.05, 0.1) is 18.8 Å². The van der Waals surface area contributed by atoms with Gasteiger partial charge >= 0.3 is 5.97 Å². The van der Waals surface area contributed by atoms with Gasteiger partial charge in [0.2, 0.25) is 0 Å². The van der Waals surface area contributed by atoms with E-state index in [2.05, 4.69) is 24.3 Å².